The van der Waals surface area contributed by atoms with Crippen LogP contribution in [0.15, 0.2) is 5.38 Å². The third-order valence-corrected chi connectivity index (χ3v) is 7.88. The van der Waals surface area contributed by atoms with Crippen LogP contribution in [0.2, 0.25) is 0 Å². The molecule has 2 N–H and O–H groups in total. The van der Waals surface area contributed by atoms with E-state index in [9.17, 15) is 18.0 Å². The smallest absolute Gasteiger partial charge is 0.324 e. The summed E-state index contributed by atoms with van der Waals surface area (Å²) < 4.78 is 23.7. The minimum Gasteiger partial charge on any atom is -0.480 e. The number of hydrogen-bond acceptors (Lipinski definition) is 6. The molecule has 0 unspecified atom stereocenters. The Kier molecular flexibility index (Phi) is 7.50. The summed E-state index contributed by atoms with van der Waals surface area (Å²) >= 11 is 1.17. The van der Waals surface area contributed by atoms with Crippen LogP contribution in [-0.4, -0.2) is 53.2 Å². The second-order valence-corrected chi connectivity index (χ2v) is 10.9. The first-order valence-corrected chi connectivity index (χ1v) is 13.0. The minimum atomic E-state index is -3.78. The van der Waals surface area contributed by atoms with Crippen molar-refractivity contribution >= 4 is 38.3 Å². The van der Waals surface area contributed by atoms with E-state index in [1.807, 2.05) is 4.90 Å². The molecule has 0 bridgehead atoms. The van der Waals surface area contributed by atoms with Gasteiger partial charge in [-0.1, -0.05) is 38.5 Å². The monoisotopic (exact) mass is 443 g/mol. The molecule has 162 valence electrons. The number of carboxylic acid groups (broad SMARTS) is 1. The average molecular weight is 444 g/mol. The molecular formula is C19H29N3O5S2. The van der Waals surface area contributed by atoms with Crippen molar-refractivity contribution in [1.82, 2.24) is 9.88 Å². The summed E-state index contributed by atoms with van der Waals surface area (Å²) in [5.41, 5.74) is 0.258. The molecule has 0 atom stereocenters. The van der Waals surface area contributed by atoms with Crippen LogP contribution >= 0.6 is 11.3 Å². The number of carbonyl (C=O) groups is 2. The highest BCUT2D eigenvalue weighted by Gasteiger charge is 2.33. The molecule has 0 spiro atoms. The molecule has 0 saturated heterocycles. The van der Waals surface area contributed by atoms with Gasteiger partial charge in [0.1, 0.15) is 5.75 Å². The fourth-order valence-corrected chi connectivity index (χ4v) is 6.28. The van der Waals surface area contributed by atoms with Crippen LogP contribution in [0.4, 0.5) is 9.93 Å². The summed E-state index contributed by atoms with van der Waals surface area (Å²) in [7, 11) is -3.78. The molecule has 0 aliphatic heterocycles. The number of rotatable bonds is 7. The maximum atomic E-state index is 13.1. The lowest BCUT2D eigenvalue weighted by Gasteiger charge is -2.41. The Morgan fingerprint density at radius 2 is 1.62 bits per heavy atom. The highest BCUT2D eigenvalue weighted by molar-refractivity contribution is 7.91. The predicted octanol–water partition coefficient (Wildman–Crippen LogP) is 3.64. The van der Waals surface area contributed by atoms with E-state index in [0.717, 1.165) is 51.4 Å². The maximum Gasteiger partial charge on any atom is 0.324 e. The fourth-order valence-electron chi connectivity index (χ4n) is 4.40. The number of thiazole rings is 1. The van der Waals surface area contributed by atoms with Gasteiger partial charge in [0.05, 0.1) is 11.4 Å². The van der Waals surface area contributed by atoms with E-state index in [2.05, 4.69) is 10.3 Å². The van der Waals surface area contributed by atoms with Crippen LogP contribution in [0.3, 0.4) is 0 Å². The van der Waals surface area contributed by atoms with Crippen LogP contribution in [0, 0.1) is 0 Å². The molecule has 0 radical (unpaired) electrons. The molecule has 8 nitrogen and oxygen atoms in total. The third kappa shape index (κ3) is 6.40. The van der Waals surface area contributed by atoms with E-state index >= 15 is 0 Å². The van der Waals surface area contributed by atoms with Crippen LogP contribution in [0.5, 0.6) is 0 Å². The van der Waals surface area contributed by atoms with Gasteiger partial charge >= 0.3 is 12.0 Å². The Bertz CT molecular complexity index is 794. The SMILES string of the molecule is O=C(O)CS(=O)(=O)Cc1csc(NC(=O)N(C2CCCCC2)C2CCCCC2)n1. The number of anilines is 1. The summed E-state index contributed by atoms with van der Waals surface area (Å²) in [5, 5.41) is 13.5. The summed E-state index contributed by atoms with van der Waals surface area (Å²) in [5.74, 6) is -2.76. The lowest BCUT2D eigenvalue weighted by atomic mass is 9.89. The van der Waals surface area contributed by atoms with Gasteiger partial charge in [-0.2, -0.15) is 0 Å². The molecule has 1 aromatic rings. The number of urea groups is 1. The first-order valence-electron chi connectivity index (χ1n) is 10.3. The summed E-state index contributed by atoms with van der Waals surface area (Å²) in [6.45, 7) is 0. The quantitative estimate of drug-likeness (QED) is 0.664. The highest BCUT2D eigenvalue weighted by Crippen LogP contribution is 2.31. The Morgan fingerprint density at radius 1 is 1.07 bits per heavy atom. The van der Waals surface area contributed by atoms with E-state index in [0.29, 0.717) is 5.13 Å². The number of aromatic nitrogens is 1. The fraction of sp³-hybridized carbons (Fsp3) is 0.737. The van der Waals surface area contributed by atoms with Crippen LogP contribution < -0.4 is 5.32 Å². The van der Waals surface area contributed by atoms with Gasteiger partial charge in [0.25, 0.3) is 0 Å². The van der Waals surface area contributed by atoms with Crippen molar-refractivity contribution in [2.24, 2.45) is 0 Å². The van der Waals surface area contributed by atoms with E-state index in [1.54, 1.807) is 5.38 Å². The van der Waals surface area contributed by atoms with Crippen molar-refractivity contribution in [2.75, 3.05) is 11.1 Å². The van der Waals surface area contributed by atoms with Crippen molar-refractivity contribution < 1.29 is 23.1 Å². The van der Waals surface area contributed by atoms with E-state index < -0.39 is 27.3 Å². The number of nitrogens with zero attached hydrogens (tertiary/aromatic N) is 2. The number of nitrogens with one attached hydrogen (secondary N) is 1. The highest BCUT2D eigenvalue weighted by atomic mass is 32.2. The van der Waals surface area contributed by atoms with Gasteiger partial charge in [0, 0.05) is 17.5 Å². The van der Waals surface area contributed by atoms with Gasteiger partial charge < -0.3 is 10.0 Å². The first-order chi connectivity index (χ1) is 13.8. The molecule has 1 aromatic heterocycles. The van der Waals surface area contributed by atoms with Gasteiger partial charge in [0.2, 0.25) is 0 Å². The van der Waals surface area contributed by atoms with E-state index in [1.165, 1.54) is 24.2 Å². The zero-order chi connectivity index (χ0) is 20.9. The molecule has 1 heterocycles. The maximum absolute atomic E-state index is 13.1. The van der Waals surface area contributed by atoms with Gasteiger partial charge in [-0.15, -0.1) is 11.3 Å². The van der Waals surface area contributed by atoms with Crippen molar-refractivity contribution in [2.45, 2.75) is 82.0 Å². The van der Waals surface area contributed by atoms with Crippen molar-refractivity contribution in [3.8, 4) is 0 Å². The topological polar surface area (TPSA) is 117 Å². The van der Waals surface area contributed by atoms with E-state index in [4.69, 9.17) is 5.11 Å². The summed E-state index contributed by atoms with van der Waals surface area (Å²) in [4.78, 5) is 30.0. The van der Waals surface area contributed by atoms with Gasteiger partial charge in [-0.3, -0.25) is 10.1 Å². The molecule has 2 aliphatic rings. The number of amides is 2. The number of hydrogen-bond donors (Lipinski definition) is 2. The molecule has 2 saturated carbocycles. The van der Waals surface area contributed by atoms with Crippen LogP contribution in [0.25, 0.3) is 0 Å². The van der Waals surface area contributed by atoms with Gasteiger partial charge in [0.15, 0.2) is 15.0 Å². The Hall–Kier alpha value is -1.68. The zero-order valence-electron chi connectivity index (χ0n) is 16.5. The number of aliphatic carboxylic acids is 1. The predicted molar refractivity (Wildman–Crippen MR) is 112 cm³/mol. The van der Waals surface area contributed by atoms with Crippen LogP contribution in [0.1, 0.15) is 69.9 Å². The molecule has 2 fully saturated rings. The number of carboxylic acids is 1. The average Bonchev–Trinajstić information content (AvgIpc) is 3.08. The Balaban J connectivity index is 1.67. The van der Waals surface area contributed by atoms with Crippen molar-refractivity contribution in [3.05, 3.63) is 11.1 Å². The standard InChI is InChI=1S/C19H29N3O5S2/c23-17(24)13-29(26,27)12-14-11-28-18(20-14)21-19(25)22(15-7-3-1-4-8-15)16-9-5-2-6-10-16/h11,15-16H,1-10,12-13H2,(H,23,24)(H,20,21,25). The molecule has 3 rings (SSSR count). The first kappa shape index (κ1) is 22.0. The lowest BCUT2D eigenvalue weighted by molar-refractivity contribution is -0.134. The van der Waals surface area contributed by atoms with Crippen molar-refractivity contribution in [3.63, 3.8) is 0 Å². The van der Waals surface area contributed by atoms with Crippen molar-refractivity contribution in [1.29, 1.82) is 0 Å². The van der Waals surface area contributed by atoms with Crippen LogP contribution in [-0.2, 0) is 20.4 Å². The normalized spacial score (nSPS) is 19.0. The molecular weight excluding hydrogens is 414 g/mol. The lowest BCUT2D eigenvalue weighted by Crippen LogP contribution is -2.50. The molecule has 2 amide bonds. The summed E-state index contributed by atoms with van der Waals surface area (Å²) in [6.07, 6.45) is 11.1. The minimum absolute atomic E-state index is 0.155. The molecule has 0 aromatic carbocycles. The number of sulfone groups is 1. The molecule has 29 heavy (non-hydrogen) atoms. The zero-order valence-corrected chi connectivity index (χ0v) is 18.1. The van der Waals surface area contributed by atoms with E-state index in [-0.39, 0.29) is 23.8 Å². The second kappa shape index (κ2) is 9.88. The number of carbonyl (C=O) groups excluding carboxylic acids is 1. The largest absolute Gasteiger partial charge is 0.480 e. The van der Waals surface area contributed by atoms with Gasteiger partial charge in [-0.05, 0) is 25.7 Å². The Morgan fingerprint density at radius 3 is 2.14 bits per heavy atom. The molecule has 2 aliphatic carbocycles. The Labute approximate surface area is 175 Å². The van der Waals surface area contributed by atoms with Gasteiger partial charge in [-0.25, -0.2) is 18.2 Å². The third-order valence-electron chi connectivity index (χ3n) is 5.65. The summed E-state index contributed by atoms with van der Waals surface area (Å²) in [6, 6.07) is 0.350. The molecule has 10 heteroatoms. The second-order valence-electron chi connectivity index (χ2n) is 7.99.